The third-order valence-electron chi connectivity index (χ3n) is 4.82. The van der Waals surface area contributed by atoms with Crippen LogP contribution >= 0.6 is 0 Å². The minimum Gasteiger partial charge on any atom is -0.486 e. The largest absolute Gasteiger partial charge is 0.486 e. The van der Waals surface area contributed by atoms with E-state index in [1.807, 2.05) is 6.07 Å². The van der Waals surface area contributed by atoms with Crippen LogP contribution in [0.5, 0.6) is 11.5 Å². The summed E-state index contributed by atoms with van der Waals surface area (Å²) in [5.74, 6) is 1.83. The second-order valence-electron chi connectivity index (χ2n) is 6.36. The fourth-order valence-electron chi connectivity index (χ4n) is 3.44. The predicted octanol–water partition coefficient (Wildman–Crippen LogP) is 2.17. The number of ether oxygens (including phenoxy) is 2. The Morgan fingerprint density at radius 2 is 1.86 bits per heavy atom. The Balaban J connectivity index is 1.32. The van der Waals surface area contributed by atoms with Crippen molar-refractivity contribution in [2.24, 2.45) is 0 Å². The summed E-state index contributed by atoms with van der Waals surface area (Å²) in [6.45, 7) is 4.71. The van der Waals surface area contributed by atoms with Crippen LogP contribution in [0.3, 0.4) is 0 Å². The third kappa shape index (κ3) is 3.01. The van der Waals surface area contributed by atoms with Crippen molar-refractivity contribution in [1.82, 2.24) is 10.2 Å². The summed E-state index contributed by atoms with van der Waals surface area (Å²) in [6, 6.07) is 7.74. The van der Waals surface area contributed by atoms with Gasteiger partial charge < -0.3 is 19.7 Å². The van der Waals surface area contributed by atoms with E-state index in [9.17, 15) is 0 Å². The van der Waals surface area contributed by atoms with Crippen molar-refractivity contribution in [3.63, 3.8) is 0 Å². The highest BCUT2D eigenvalue weighted by Crippen LogP contribution is 2.34. The van der Waals surface area contributed by atoms with Gasteiger partial charge in [-0.05, 0) is 44.8 Å². The summed E-state index contributed by atoms with van der Waals surface area (Å²) in [5, 5.41) is 3.71. The average molecular weight is 288 g/mol. The normalized spacial score (nSPS) is 23.2. The Labute approximate surface area is 126 Å². The lowest BCUT2D eigenvalue weighted by molar-refractivity contribution is 0.168. The zero-order valence-corrected chi connectivity index (χ0v) is 12.5. The minimum absolute atomic E-state index is 0.639. The SMILES string of the molecule is c1cc(CNC2CCN(C3CC3)CC2)c2c(c1)OCCO2. The molecule has 0 radical (unpaired) electrons. The van der Waals surface area contributed by atoms with E-state index in [2.05, 4.69) is 22.3 Å². The number of rotatable bonds is 4. The molecule has 0 spiro atoms. The highest BCUT2D eigenvalue weighted by Gasteiger charge is 2.31. The number of nitrogens with zero attached hydrogens (tertiary/aromatic N) is 1. The molecule has 4 nitrogen and oxygen atoms in total. The number of benzene rings is 1. The van der Waals surface area contributed by atoms with Gasteiger partial charge in [0.15, 0.2) is 11.5 Å². The lowest BCUT2D eigenvalue weighted by Gasteiger charge is -2.32. The van der Waals surface area contributed by atoms with Gasteiger partial charge in [-0.2, -0.15) is 0 Å². The molecule has 21 heavy (non-hydrogen) atoms. The monoisotopic (exact) mass is 288 g/mol. The van der Waals surface area contributed by atoms with Crippen molar-refractivity contribution in [2.45, 2.75) is 44.3 Å². The molecule has 1 saturated heterocycles. The third-order valence-corrected chi connectivity index (χ3v) is 4.82. The lowest BCUT2D eigenvalue weighted by Crippen LogP contribution is -2.43. The van der Waals surface area contributed by atoms with Crippen molar-refractivity contribution in [2.75, 3.05) is 26.3 Å². The van der Waals surface area contributed by atoms with Crippen LogP contribution in [0, 0.1) is 0 Å². The van der Waals surface area contributed by atoms with E-state index < -0.39 is 0 Å². The summed E-state index contributed by atoms with van der Waals surface area (Å²) in [6.07, 6.45) is 5.38. The van der Waals surface area contributed by atoms with Crippen molar-refractivity contribution < 1.29 is 9.47 Å². The Morgan fingerprint density at radius 1 is 1.05 bits per heavy atom. The molecule has 0 amide bonds. The minimum atomic E-state index is 0.639. The number of piperidine rings is 1. The molecule has 2 heterocycles. The zero-order valence-electron chi connectivity index (χ0n) is 12.5. The highest BCUT2D eigenvalue weighted by molar-refractivity contribution is 5.47. The topological polar surface area (TPSA) is 33.7 Å². The molecule has 4 heteroatoms. The molecule has 0 aromatic heterocycles. The molecule has 1 saturated carbocycles. The second-order valence-corrected chi connectivity index (χ2v) is 6.36. The molecule has 1 N–H and O–H groups in total. The van der Waals surface area contributed by atoms with Gasteiger partial charge in [0, 0.05) is 24.2 Å². The Bertz CT molecular complexity index is 494. The first kappa shape index (κ1) is 13.4. The van der Waals surface area contributed by atoms with Crippen LogP contribution in [0.25, 0.3) is 0 Å². The number of hydrogen-bond donors (Lipinski definition) is 1. The van der Waals surface area contributed by atoms with E-state index in [0.717, 1.165) is 24.1 Å². The van der Waals surface area contributed by atoms with Crippen molar-refractivity contribution >= 4 is 0 Å². The van der Waals surface area contributed by atoms with Gasteiger partial charge in [0.2, 0.25) is 0 Å². The summed E-state index contributed by atoms with van der Waals surface area (Å²) >= 11 is 0. The second kappa shape index (κ2) is 5.85. The van der Waals surface area contributed by atoms with Gasteiger partial charge in [-0.15, -0.1) is 0 Å². The van der Waals surface area contributed by atoms with Crippen molar-refractivity contribution in [1.29, 1.82) is 0 Å². The van der Waals surface area contributed by atoms with Gasteiger partial charge >= 0.3 is 0 Å². The first-order valence-corrected chi connectivity index (χ1v) is 8.25. The number of hydrogen-bond acceptors (Lipinski definition) is 4. The number of para-hydroxylation sites is 1. The molecule has 2 aliphatic heterocycles. The molecule has 0 unspecified atom stereocenters. The van der Waals surface area contributed by atoms with E-state index in [4.69, 9.17) is 9.47 Å². The quantitative estimate of drug-likeness (QED) is 0.921. The fraction of sp³-hybridized carbons (Fsp3) is 0.647. The van der Waals surface area contributed by atoms with Gasteiger partial charge in [-0.3, -0.25) is 0 Å². The standard InChI is InChI=1S/C17H24N2O2/c1-2-13(17-16(3-1)20-10-11-21-17)12-18-14-6-8-19(9-7-14)15-4-5-15/h1-3,14-15,18H,4-12H2. The molecular formula is C17H24N2O2. The van der Waals surface area contributed by atoms with Crippen molar-refractivity contribution in [3.05, 3.63) is 23.8 Å². The summed E-state index contributed by atoms with van der Waals surface area (Å²) in [7, 11) is 0. The van der Waals surface area contributed by atoms with E-state index in [1.54, 1.807) is 0 Å². The van der Waals surface area contributed by atoms with Gasteiger partial charge in [0.25, 0.3) is 0 Å². The van der Waals surface area contributed by atoms with Crippen LogP contribution < -0.4 is 14.8 Å². The smallest absolute Gasteiger partial charge is 0.165 e. The first-order valence-electron chi connectivity index (χ1n) is 8.25. The molecule has 2 fully saturated rings. The zero-order chi connectivity index (χ0) is 14.1. The Kier molecular flexibility index (Phi) is 3.74. The molecule has 1 aliphatic carbocycles. The maximum absolute atomic E-state index is 5.78. The maximum Gasteiger partial charge on any atom is 0.165 e. The fourth-order valence-corrected chi connectivity index (χ4v) is 3.44. The molecule has 4 rings (SSSR count). The lowest BCUT2D eigenvalue weighted by atomic mass is 10.0. The first-order chi connectivity index (χ1) is 10.4. The summed E-state index contributed by atoms with van der Waals surface area (Å²) in [5.41, 5.74) is 1.22. The van der Waals surface area contributed by atoms with Crippen LogP contribution in [0.15, 0.2) is 18.2 Å². The van der Waals surface area contributed by atoms with E-state index in [-0.39, 0.29) is 0 Å². The van der Waals surface area contributed by atoms with Crippen LogP contribution in [-0.2, 0) is 6.54 Å². The van der Waals surface area contributed by atoms with Crippen LogP contribution in [0.4, 0.5) is 0 Å². The number of fused-ring (bicyclic) bond motifs is 1. The van der Waals surface area contributed by atoms with Crippen LogP contribution in [-0.4, -0.2) is 43.3 Å². The molecular weight excluding hydrogens is 264 g/mol. The van der Waals surface area contributed by atoms with Gasteiger partial charge in [0.05, 0.1) is 0 Å². The van der Waals surface area contributed by atoms with E-state index in [0.29, 0.717) is 19.3 Å². The highest BCUT2D eigenvalue weighted by atomic mass is 16.6. The molecule has 1 aromatic rings. The van der Waals surface area contributed by atoms with E-state index in [1.165, 1.54) is 44.3 Å². The predicted molar refractivity (Wildman–Crippen MR) is 81.9 cm³/mol. The van der Waals surface area contributed by atoms with E-state index >= 15 is 0 Å². The molecule has 114 valence electrons. The van der Waals surface area contributed by atoms with Crippen LogP contribution in [0.2, 0.25) is 0 Å². The summed E-state index contributed by atoms with van der Waals surface area (Å²) < 4.78 is 11.4. The molecule has 0 atom stereocenters. The van der Waals surface area contributed by atoms with Gasteiger partial charge in [-0.1, -0.05) is 12.1 Å². The Morgan fingerprint density at radius 3 is 2.67 bits per heavy atom. The molecule has 1 aromatic carbocycles. The number of likely N-dealkylation sites (tertiary alicyclic amines) is 1. The van der Waals surface area contributed by atoms with Crippen LogP contribution in [0.1, 0.15) is 31.2 Å². The summed E-state index contributed by atoms with van der Waals surface area (Å²) in [4.78, 5) is 2.67. The maximum atomic E-state index is 5.78. The van der Waals surface area contributed by atoms with Crippen molar-refractivity contribution in [3.8, 4) is 11.5 Å². The Hall–Kier alpha value is -1.26. The number of nitrogens with one attached hydrogen (secondary N) is 1. The molecule has 0 bridgehead atoms. The van der Waals surface area contributed by atoms with Gasteiger partial charge in [-0.25, -0.2) is 0 Å². The molecule has 3 aliphatic rings. The van der Waals surface area contributed by atoms with Gasteiger partial charge in [0.1, 0.15) is 13.2 Å². The average Bonchev–Trinajstić information content (AvgIpc) is 3.38.